The van der Waals surface area contributed by atoms with Crippen LogP contribution in [0.25, 0.3) is 22.6 Å². The van der Waals surface area contributed by atoms with Crippen LogP contribution in [0.3, 0.4) is 0 Å². The number of allylic oxidation sites excluding steroid dienone is 1. The number of hydrogen-bond acceptors (Lipinski definition) is 2. The van der Waals surface area contributed by atoms with E-state index in [2.05, 4.69) is 22.8 Å². The maximum absolute atomic E-state index is 9.70. The molecule has 0 atom stereocenters. The molecule has 0 aliphatic rings. The van der Waals surface area contributed by atoms with Crippen LogP contribution in [0.2, 0.25) is 5.02 Å². The summed E-state index contributed by atoms with van der Waals surface area (Å²) in [6.45, 7) is 0.584. The fraction of sp³-hybridized carbons (Fsp3) is 0.0400. The zero-order valence-corrected chi connectivity index (χ0v) is 16.3. The normalized spacial score (nSPS) is 11.2. The Morgan fingerprint density at radius 1 is 0.931 bits per heavy atom. The Morgan fingerprint density at radius 2 is 1.66 bits per heavy atom. The molecular weight excluding hydrogens is 378 g/mol. The summed E-state index contributed by atoms with van der Waals surface area (Å²) in [6.07, 6.45) is 3.93. The number of benzene rings is 3. The summed E-state index contributed by atoms with van der Waals surface area (Å²) in [7, 11) is 0. The van der Waals surface area contributed by atoms with Gasteiger partial charge in [0.1, 0.15) is 0 Å². The van der Waals surface area contributed by atoms with E-state index in [0.717, 1.165) is 27.6 Å². The summed E-state index contributed by atoms with van der Waals surface area (Å²) >= 11 is 5.97. The van der Waals surface area contributed by atoms with Crippen molar-refractivity contribution in [2.45, 2.75) is 6.54 Å². The van der Waals surface area contributed by atoms with Gasteiger partial charge < -0.3 is 4.57 Å². The van der Waals surface area contributed by atoms with Gasteiger partial charge in [0.15, 0.2) is 0 Å². The highest BCUT2D eigenvalue weighted by atomic mass is 35.5. The quantitative estimate of drug-likeness (QED) is 0.383. The molecule has 3 nitrogen and oxygen atoms in total. The van der Waals surface area contributed by atoms with E-state index < -0.39 is 0 Å². The van der Waals surface area contributed by atoms with E-state index in [-0.39, 0.29) is 0 Å². The molecule has 0 N–H and O–H groups in total. The van der Waals surface area contributed by atoms with Crippen molar-refractivity contribution < 1.29 is 0 Å². The predicted molar refractivity (Wildman–Crippen MR) is 117 cm³/mol. The Hall–Kier alpha value is -3.79. The van der Waals surface area contributed by atoms with Gasteiger partial charge in [0, 0.05) is 34.2 Å². The largest absolute Gasteiger partial charge is 0.342 e. The van der Waals surface area contributed by atoms with Crippen LogP contribution in [0.5, 0.6) is 0 Å². The molecule has 0 fully saturated rings. The first-order valence-electron chi connectivity index (χ1n) is 9.13. The van der Waals surface area contributed by atoms with Crippen LogP contribution in [0, 0.1) is 22.7 Å². The van der Waals surface area contributed by atoms with Gasteiger partial charge in [-0.3, -0.25) is 0 Å². The number of aromatic nitrogens is 1. The van der Waals surface area contributed by atoms with Crippen LogP contribution in [-0.4, -0.2) is 4.57 Å². The molecule has 4 aromatic rings. The van der Waals surface area contributed by atoms with Crippen LogP contribution in [-0.2, 0) is 6.54 Å². The van der Waals surface area contributed by atoms with Crippen molar-refractivity contribution >= 4 is 34.2 Å². The van der Waals surface area contributed by atoms with E-state index in [1.807, 2.05) is 66.9 Å². The highest BCUT2D eigenvalue weighted by Crippen LogP contribution is 2.27. The molecule has 4 heteroatoms. The molecule has 0 spiro atoms. The molecule has 0 unspecified atom stereocenters. The molecule has 0 saturated heterocycles. The van der Waals surface area contributed by atoms with Crippen molar-refractivity contribution in [3.63, 3.8) is 0 Å². The van der Waals surface area contributed by atoms with Crippen LogP contribution in [0.1, 0.15) is 22.3 Å². The molecule has 3 aromatic carbocycles. The second-order valence-corrected chi connectivity index (χ2v) is 7.11. The van der Waals surface area contributed by atoms with Crippen molar-refractivity contribution in [3.8, 4) is 12.1 Å². The lowest BCUT2D eigenvalue weighted by Crippen LogP contribution is -2.00. The lowest BCUT2D eigenvalue weighted by molar-refractivity contribution is 0.833. The first-order chi connectivity index (χ1) is 14.2. The number of nitriles is 2. The fourth-order valence-electron chi connectivity index (χ4n) is 3.44. The van der Waals surface area contributed by atoms with Gasteiger partial charge in [0.2, 0.25) is 0 Å². The molecule has 1 aromatic heterocycles. The van der Waals surface area contributed by atoms with Gasteiger partial charge in [-0.1, -0.05) is 60.1 Å². The van der Waals surface area contributed by atoms with E-state index in [4.69, 9.17) is 11.6 Å². The molecule has 0 radical (unpaired) electrons. The molecule has 0 bridgehead atoms. The summed E-state index contributed by atoms with van der Waals surface area (Å²) in [5, 5.41) is 20.8. The van der Waals surface area contributed by atoms with E-state index >= 15 is 0 Å². The van der Waals surface area contributed by atoms with Crippen molar-refractivity contribution in [1.29, 1.82) is 10.5 Å². The summed E-state index contributed by atoms with van der Waals surface area (Å²) in [5.41, 5.74) is 5.04. The first kappa shape index (κ1) is 18.6. The molecule has 138 valence electrons. The Morgan fingerprint density at radius 3 is 2.41 bits per heavy atom. The predicted octanol–water partition coefficient (Wildman–Crippen LogP) is 6.28. The second-order valence-electron chi connectivity index (χ2n) is 6.68. The van der Waals surface area contributed by atoms with E-state index in [1.165, 1.54) is 0 Å². The average Bonchev–Trinajstić information content (AvgIpc) is 3.10. The summed E-state index contributed by atoms with van der Waals surface area (Å²) in [5.74, 6) is 0. The number of fused-ring (bicyclic) bond motifs is 1. The molecule has 29 heavy (non-hydrogen) atoms. The lowest BCUT2D eigenvalue weighted by Gasteiger charge is -2.07. The van der Waals surface area contributed by atoms with Gasteiger partial charge in [-0.2, -0.15) is 10.5 Å². The number of para-hydroxylation sites is 1. The number of halogens is 1. The lowest BCUT2D eigenvalue weighted by atomic mass is 10.0. The van der Waals surface area contributed by atoms with Gasteiger partial charge in [0.05, 0.1) is 23.3 Å². The maximum atomic E-state index is 9.70. The maximum Gasteiger partial charge on any atom is 0.0998 e. The minimum Gasteiger partial charge on any atom is -0.342 e. The van der Waals surface area contributed by atoms with Crippen molar-refractivity contribution in [3.05, 3.63) is 106 Å². The Balaban J connectivity index is 1.81. The molecule has 0 aliphatic carbocycles. The first-order valence-corrected chi connectivity index (χ1v) is 9.51. The average molecular weight is 394 g/mol. The second kappa shape index (κ2) is 8.07. The Bertz CT molecular complexity index is 1300. The highest BCUT2D eigenvalue weighted by Gasteiger charge is 2.10. The van der Waals surface area contributed by atoms with E-state index in [1.54, 1.807) is 12.1 Å². The van der Waals surface area contributed by atoms with Gasteiger partial charge in [-0.15, -0.1) is 0 Å². The SMILES string of the molecule is N#C/C(=C/c1cn(Cc2ccccc2C#N)c2ccccc12)c1ccc(Cl)cc1. The molecule has 0 amide bonds. The smallest absolute Gasteiger partial charge is 0.0998 e. The van der Waals surface area contributed by atoms with Crippen molar-refractivity contribution in [2.75, 3.05) is 0 Å². The van der Waals surface area contributed by atoms with Gasteiger partial charge in [0.25, 0.3) is 0 Å². The van der Waals surface area contributed by atoms with Gasteiger partial charge >= 0.3 is 0 Å². The van der Waals surface area contributed by atoms with Crippen LogP contribution in [0.4, 0.5) is 0 Å². The third-order valence-electron chi connectivity index (χ3n) is 4.87. The van der Waals surface area contributed by atoms with Gasteiger partial charge in [-0.05, 0) is 41.5 Å². The highest BCUT2D eigenvalue weighted by molar-refractivity contribution is 6.30. The zero-order valence-electron chi connectivity index (χ0n) is 15.5. The monoisotopic (exact) mass is 393 g/mol. The standard InChI is InChI=1S/C25H16ClN3/c26-23-11-9-18(10-12-23)21(15-28)13-22-17-29(25-8-4-3-7-24(22)25)16-20-6-2-1-5-19(20)14-27/h1-13,17H,16H2/b21-13-. The number of hydrogen-bond donors (Lipinski definition) is 0. The molecular formula is C25H16ClN3. The van der Waals surface area contributed by atoms with Crippen LogP contribution < -0.4 is 0 Å². The molecule has 0 saturated carbocycles. The topological polar surface area (TPSA) is 52.5 Å². The summed E-state index contributed by atoms with van der Waals surface area (Å²) < 4.78 is 2.12. The van der Waals surface area contributed by atoms with E-state index in [0.29, 0.717) is 22.7 Å². The van der Waals surface area contributed by atoms with E-state index in [9.17, 15) is 10.5 Å². The summed E-state index contributed by atoms with van der Waals surface area (Å²) in [6, 6.07) is 27.5. The number of rotatable bonds is 4. The Labute approximate surface area is 174 Å². The summed E-state index contributed by atoms with van der Waals surface area (Å²) in [4.78, 5) is 0. The van der Waals surface area contributed by atoms with Crippen molar-refractivity contribution in [1.82, 2.24) is 4.57 Å². The van der Waals surface area contributed by atoms with Crippen molar-refractivity contribution in [2.24, 2.45) is 0 Å². The zero-order chi connectivity index (χ0) is 20.2. The van der Waals surface area contributed by atoms with Gasteiger partial charge in [-0.25, -0.2) is 0 Å². The molecule has 0 aliphatic heterocycles. The minimum absolute atomic E-state index is 0.571. The Kier molecular flexibility index (Phi) is 5.16. The third-order valence-corrected chi connectivity index (χ3v) is 5.13. The molecule has 1 heterocycles. The fourth-order valence-corrected chi connectivity index (χ4v) is 3.56. The molecule has 4 rings (SSSR count). The third kappa shape index (κ3) is 3.78. The van der Waals surface area contributed by atoms with Crippen LogP contribution in [0.15, 0.2) is 79.0 Å². The number of nitrogens with zero attached hydrogens (tertiary/aromatic N) is 3. The van der Waals surface area contributed by atoms with Crippen LogP contribution >= 0.6 is 11.6 Å². The minimum atomic E-state index is 0.571.